The quantitative estimate of drug-likeness (QED) is 0.748. The molecule has 0 amide bonds. The molecule has 7 nitrogen and oxygen atoms in total. The van der Waals surface area contributed by atoms with Crippen molar-refractivity contribution in [2.24, 2.45) is 0 Å². The summed E-state index contributed by atoms with van der Waals surface area (Å²) >= 11 is 1.21. The van der Waals surface area contributed by atoms with E-state index in [2.05, 4.69) is 15.3 Å². The van der Waals surface area contributed by atoms with Crippen LogP contribution in [0.1, 0.15) is 0 Å². The zero-order chi connectivity index (χ0) is 12.1. The second-order valence-electron chi connectivity index (χ2n) is 3.25. The maximum Gasteiger partial charge on any atom is 0.313 e. The lowest BCUT2D eigenvalue weighted by Crippen LogP contribution is -2.09. The maximum atomic E-state index is 10.5. The van der Waals surface area contributed by atoms with Crippen LogP contribution in [0.25, 0.3) is 0 Å². The third kappa shape index (κ3) is 3.31. The average molecular weight is 253 g/mol. The molecule has 0 saturated heterocycles. The minimum absolute atomic E-state index is 0.0142. The van der Waals surface area contributed by atoms with E-state index in [0.717, 1.165) is 0 Å². The van der Waals surface area contributed by atoms with Crippen LogP contribution in [0.5, 0.6) is 0 Å². The van der Waals surface area contributed by atoms with E-state index in [0.29, 0.717) is 18.2 Å². The summed E-state index contributed by atoms with van der Waals surface area (Å²) in [6.07, 6.45) is 6.88. The summed E-state index contributed by atoms with van der Waals surface area (Å²) in [4.78, 5) is 14.6. The molecule has 90 valence electrons. The first-order chi connectivity index (χ1) is 8.25. The Bertz CT molecular complexity index is 481. The molecule has 2 aromatic rings. The summed E-state index contributed by atoms with van der Waals surface area (Å²) < 4.78 is 3.61. The number of hydrogen-bond donors (Lipinski definition) is 1. The van der Waals surface area contributed by atoms with Crippen LogP contribution < -0.4 is 0 Å². The van der Waals surface area contributed by atoms with Crippen LogP contribution in [0.4, 0.5) is 0 Å². The van der Waals surface area contributed by atoms with E-state index in [1.165, 1.54) is 11.8 Å². The summed E-state index contributed by atoms with van der Waals surface area (Å²) in [5, 5.41) is 16.9. The molecule has 2 aromatic heterocycles. The van der Waals surface area contributed by atoms with Gasteiger partial charge in [0.05, 0.1) is 18.5 Å². The van der Waals surface area contributed by atoms with Crippen LogP contribution in [0.15, 0.2) is 29.9 Å². The normalized spacial score (nSPS) is 10.6. The second-order valence-corrected chi connectivity index (χ2v) is 4.19. The monoisotopic (exact) mass is 253 g/mol. The molecular weight excluding hydrogens is 242 g/mol. The highest BCUT2D eigenvalue weighted by molar-refractivity contribution is 7.99. The summed E-state index contributed by atoms with van der Waals surface area (Å²) in [6.45, 7) is 1.36. The first-order valence-corrected chi connectivity index (χ1v) is 5.94. The average Bonchev–Trinajstić information content (AvgIpc) is 2.95. The molecule has 0 saturated carbocycles. The molecule has 2 rings (SSSR count). The molecule has 8 heteroatoms. The molecule has 0 aliphatic heterocycles. The van der Waals surface area contributed by atoms with E-state index in [9.17, 15) is 4.79 Å². The lowest BCUT2D eigenvalue weighted by atomic mass is 10.6. The summed E-state index contributed by atoms with van der Waals surface area (Å²) in [5.74, 6) is -0.832. The van der Waals surface area contributed by atoms with Gasteiger partial charge in [0.2, 0.25) is 0 Å². The van der Waals surface area contributed by atoms with Crippen LogP contribution in [0.2, 0.25) is 0 Å². The van der Waals surface area contributed by atoms with Gasteiger partial charge in [-0.05, 0) is 0 Å². The molecule has 0 radical (unpaired) electrons. The van der Waals surface area contributed by atoms with Crippen LogP contribution >= 0.6 is 11.8 Å². The molecule has 0 atom stereocenters. The van der Waals surface area contributed by atoms with Crippen molar-refractivity contribution in [2.75, 3.05) is 5.75 Å². The molecule has 0 aliphatic carbocycles. The minimum atomic E-state index is -0.846. The van der Waals surface area contributed by atoms with Crippen LogP contribution in [0, 0.1) is 0 Å². The van der Waals surface area contributed by atoms with Gasteiger partial charge in [-0.3, -0.25) is 9.48 Å². The zero-order valence-electron chi connectivity index (χ0n) is 8.93. The van der Waals surface area contributed by atoms with Crippen molar-refractivity contribution in [1.29, 1.82) is 0 Å². The van der Waals surface area contributed by atoms with E-state index in [-0.39, 0.29) is 5.75 Å². The van der Waals surface area contributed by atoms with Crippen LogP contribution in [0.3, 0.4) is 0 Å². The van der Waals surface area contributed by atoms with Gasteiger partial charge >= 0.3 is 5.97 Å². The fourth-order valence-electron chi connectivity index (χ4n) is 1.29. The first kappa shape index (κ1) is 11.6. The Morgan fingerprint density at radius 2 is 2.24 bits per heavy atom. The van der Waals surface area contributed by atoms with Crippen molar-refractivity contribution in [2.45, 2.75) is 18.2 Å². The van der Waals surface area contributed by atoms with E-state index in [1.54, 1.807) is 23.3 Å². The van der Waals surface area contributed by atoms with Gasteiger partial charge in [-0.1, -0.05) is 17.0 Å². The van der Waals surface area contributed by atoms with E-state index in [1.807, 2.05) is 10.8 Å². The lowest BCUT2D eigenvalue weighted by molar-refractivity contribution is -0.133. The van der Waals surface area contributed by atoms with Gasteiger partial charge in [0.25, 0.3) is 0 Å². The third-order valence-corrected chi connectivity index (χ3v) is 3.03. The number of carbonyl (C=O) groups is 1. The Balaban J connectivity index is 1.92. The SMILES string of the molecule is O=C(O)CSc1nccn1CCn1ccnn1. The Hall–Kier alpha value is -1.83. The molecule has 0 aromatic carbocycles. The molecule has 0 unspecified atom stereocenters. The number of imidazole rings is 1. The smallest absolute Gasteiger partial charge is 0.313 e. The summed E-state index contributed by atoms with van der Waals surface area (Å²) in [7, 11) is 0. The van der Waals surface area contributed by atoms with Gasteiger partial charge in [-0.25, -0.2) is 4.98 Å². The van der Waals surface area contributed by atoms with Gasteiger partial charge in [0.1, 0.15) is 0 Å². The first-order valence-electron chi connectivity index (χ1n) is 4.95. The molecule has 17 heavy (non-hydrogen) atoms. The number of aliphatic carboxylic acids is 1. The van der Waals surface area contributed by atoms with Crippen molar-refractivity contribution in [3.8, 4) is 0 Å². The number of aryl methyl sites for hydroxylation is 2. The number of aromatic nitrogens is 5. The van der Waals surface area contributed by atoms with Crippen molar-refractivity contribution in [3.05, 3.63) is 24.8 Å². The topological polar surface area (TPSA) is 85.8 Å². The van der Waals surface area contributed by atoms with Gasteiger partial charge in [-0.15, -0.1) is 5.10 Å². The lowest BCUT2D eigenvalue weighted by Gasteiger charge is -2.06. The predicted octanol–water partition coefficient (Wildman–Crippen LogP) is 0.351. The van der Waals surface area contributed by atoms with Gasteiger partial charge < -0.3 is 9.67 Å². The highest BCUT2D eigenvalue weighted by Gasteiger charge is 2.06. The van der Waals surface area contributed by atoms with Crippen LogP contribution in [-0.2, 0) is 17.9 Å². The standard InChI is InChI=1S/C9H11N5O2S/c15-8(16)7-17-9-10-1-3-13(9)5-6-14-4-2-11-12-14/h1-4H,5-7H2,(H,15,16). The summed E-state index contributed by atoms with van der Waals surface area (Å²) in [5.41, 5.74) is 0. The van der Waals surface area contributed by atoms with Crippen molar-refractivity contribution in [1.82, 2.24) is 24.5 Å². The minimum Gasteiger partial charge on any atom is -0.481 e. The van der Waals surface area contributed by atoms with E-state index >= 15 is 0 Å². The number of carboxylic acid groups (broad SMARTS) is 1. The Kier molecular flexibility index (Phi) is 3.76. The Morgan fingerprint density at radius 1 is 1.35 bits per heavy atom. The maximum absolute atomic E-state index is 10.5. The summed E-state index contributed by atoms with van der Waals surface area (Å²) in [6, 6.07) is 0. The number of hydrogen-bond acceptors (Lipinski definition) is 5. The molecule has 2 heterocycles. The molecule has 0 bridgehead atoms. The number of thioether (sulfide) groups is 1. The molecule has 0 aliphatic rings. The van der Waals surface area contributed by atoms with Crippen molar-refractivity contribution >= 4 is 17.7 Å². The van der Waals surface area contributed by atoms with Gasteiger partial charge in [0, 0.05) is 25.1 Å². The van der Waals surface area contributed by atoms with Crippen molar-refractivity contribution < 1.29 is 9.90 Å². The molecule has 0 spiro atoms. The highest BCUT2D eigenvalue weighted by Crippen LogP contribution is 2.15. The third-order valence-electron chi connectivity index (χ3n) is 2.04. The highest BCUT2D eigenvalue weighted by atomic mass is 32.2. The molecule has 0 fully saturated rings. The zero-order valence-corrected chi connectivity index (χ0v) is 9.75. The molecular formula is C9H11N5O2S. The second kappa shape index (κ2) is 5.48. The fourth-order valence-corrected chi connectivity index (χ4v) is 2.00. The molecule has 1 N–H and O–H groups in total. The van der Waals surface area contributed by atoms with Gasteiger partial charge in [0.15, 0.2) is 5.16 Å². The Morgan fingerprint density at radius 3 is 2.94 bits per heavy atom. The number of rotatable bonds is 6. The number of carboxylic acids is 1. The van der Waals surface area contributed by atoms with E-state index < -0.39 is 5.97 Å². The largest absolute Gasteiger partial charge is 0.481 e. The fraction of sp³-hybridized carbons (Fsp3) is 0.333. The Labute approximate surface area is 101 Å². The number of nitrogens with zero attached hydrogens (tertiary/aromatic N) is 5. The van der Waals surface area contributed by atoms with Crippen LogP contribution in [-0.4, -0.2) is 41.4 Å². The predicted molar refractivity (Wildman–Crippen MR) is 60.6 cm³/mol. The van der Waals surface area contributed by atoms with Gasteiger partial charge in [-0.2, -0.15) is 0 Å². The van der Waals surface area contributed by atoms with Crippen molar-refractivity contribution in [3.63, 3.8) is 0 Å². The van der Waals surface area contributed by atoms with E-state index in [4.69, 9.17) is 5.11 Å².